The Balaban J connectivity index is 2.89. The summed E-state index contributed by atoms with van der Waals surface area (Å²) in [7, 11) is 0. The van der Waals surface area contributed by atoms with Crippen molar-refractivity contribution in [2.45, 2.75) is 33.2 Å². The highest BCUT2D eigenvalue weighted by Crippen LogP contribution is 1.99. The Morgan fingerprint density at radius 1 is 1.47 bits per heavy atom. The molecule has 1 rings (SSSR count). The fraction of sp³-hybridized carbons (Fsp3) is 0.462. The zero-order chi connectivity index (χ0) is 14.4. The summed E-state index contributed by atoms with van der Waals surface area (Å²) in [6.45, 7) is 4.43. The predicted octanol–water partition coefficient (Wildman–Crippen LogP) is 0.707. The fourth-order valence-electron chi connectivity index (χ4n) is 1.66. The first-order valence-corrected chi connectivity index (χ1v) is 6.65. The topological polar surface area (TPSA) is 77.1 Å². The van der Waals surface area contributed by atoms with Gasteiger partial charge >= 0.3 is 0 Å². The summed E-state index contributed by atoms with van der Waals surface area (Å²) in [4.78, 5) is 23.9. The van der Waals surface area contributed by atoms with Gasteiger partial charge in [0, 0.05) is 12.2 Å². The van der Waals surface area contributed by atoms with Crippen molar-refractivity contribution in [3.63, 3.8) is 0 Å². The predicted molar refractivity (Wildman–Crippen MR) is 79.2 cm³/mol. The summed E-state index contributed by atoms with van der Waals surface area (Å²) in [6.07, 6.45) is 1.93. The fourth-order valence-corrected chi connectivity index (χ4v) is 1.81. The second-order valence-electron chi connectivity index (χ2n) is 4.35. The van der Waals surface area contributed by atoms with Crippen LogP contribution in [0.2, 0.25) is 0 Å². The van der Waals surface area contributed by atoms with Gasteiger partial charge in [0.15, 0.2) is 0 Å². The smallest absolute Gasteiger partial charge is 0.261 e. The molecule has 0 spiro atoms. The van der Waals surface area contributed by atoms with E-state index in [1.807, 2.05) is 6.92 Å². The lowest BCUT2D eigenvalue weighted by Crippen LogP contribution is -2.36. The number of amides is 1. The van der Waals surface area contributed by atoms with E-state index in [2.05, 4.69) is 5.32 Å². The lowest BCUT2D eigenvalue weighted by Gasteiger charge is -2.11. The minimum atomic E-state index is -0.321. The molecule has 0 atom stereocenters. The van der Waals surface area contributed by atoms with E-state index >= 15 is 0 Å². The van der Waals surface area contributed by atoms with E-state index in [4.69, 9.17) is 18.0 Å². The number of unbranched alkanes of at least 4 members (excludes halogenated alkanes) is 1. The van der Waals surface area contributed by atoms with Gasteiger partial charge in [-0.15, -0.1) is 0 Å². The quantitative estimate of drug-likeness (QED) is 0.594. The Morgan fingerprint density at radius 2 is 2.16 bits per heavy atom. The van der Waals surface area contributed by atoms with E-state index in [1.54, 1.807) is 19.1 Å². The Kier molecular flexibility index (Phi) is 5.69. The summed E-state index contributed by atoms with van der Waals surface area (Å²) in [5.41, 5.74) is 6.13. The number of carbonyl (C=O) groups is 1. The molecule has 104 valence electrons. The number of hydrogen-bond acceptors (Lipinski definition) is 3. The Morgan fingerprint density at radius 3 is 2.74 bits per heavy atom. The van der Waals surface area contributed by atoms with Crippen LogP contribution < -0.4 is 16.6 Å². The van der Waals surface area contributed by atoms with E-state index < -0.39 is 0 Å². The van der Waals surface area contributed by atoms with Gasteiger partial charge in [-0.25, -0.2) is 0 Å². The maximum atomic E-state index is 12.1. The van der Waals surface area contributed by atoms with E-state index in [-0.39, 0.29) is 28.6 Å². The monoisotopic (exact) mass is 281 g/mol. The summed E-state index contributed by atoms with van der Waals surface area (Å²) in [6, 6.07) is 3.32. The van der Waals surface area contributed by atoms with E-state index in [9.17, 15) is 9.59 Å². The number of aryl methyl sites for hydroxylation is 1. The number of hydrogen-bond donors (Lipinski definition) is 2. The number of pyridine rings is 1. The lowest BCUT2D eigenvalue weighted by atomic mass is 10.2. The molecule has 6 heteroatoms. The molecule has 0 radical (unpaired) electrons. The first-order chi connectivity index (χ1) is 8.97. The van der Waals surface area contributed by atoms with E-state index in [1.165, 1.54) is 4.57 Å². The maximum absolute atomic E-state index is 12.1. The Labute approximate surface area is 117 Å². The van der Waals surface area contributed by atoms with Gasteiger partial charge in [0.25, 0.3) is 5.56 Å². The molecular formula is C13H19N3O2S. The first kappa shape index (κ1) is 15.4. The molecule has 3 N–H and O–H groups in total. The molecule has 0 aliphatic heterocycles. The van der Waals surface area contributed by atoms with Crippen LogP contribution in [0.25, 0.3) is 0 Å². The third kappa shape index (κ3) is 4.17. The number of aromatic nitrogens is 1. The molecule has 0 unspecified atom stereocenters. The molecule has 19 heavy (non-hydrogen) atoms. The van der Waals surface area contributed by atoms with Crippen molar-refractivity contribution in [3.05, 3.63) is 33.7 Å². The van der Waals surface area contributed by atoms with Crippen molar-refractivity contribution in [3.8, 4) is 0 Å². The summed E-state index contributed by atoms with van der Waals surface area (Å²) >= 11 is 4.82. The van der Waals surface area contributed by atoms with Gasteiger partial charge in [-0.05, 0) is 25.5 Å². The summed E-state index contributed by atoms with van der Waals surface area (Å²) in [5.74, 6) is -0.182. The highest BCUT2D eigenvalue weighted by atomic mass is 32.1. The van der Waals surface area contributed by atoms with Crippen molar-refractivity contribution in [2.24, 2.45) is 5.73 Å². The van der Waals surface area contributed by atoms with Crippen LogP contribution in [0.15, 0.2) is 16.9 Å². The van der Waals surface area contributed by atoms with Crippen molar-refractivity contribution < 1.29 is 4.79 Å². The first-order valence-electron chi connectivity index (χ1n) is 6.24. The molecule has 0 saturated heterocycles. The van der Waals surface area contributed by atoms with Gasteiger partial charge in [-0.1, -0.05) is 25.6 Å². The van der Waals surface area contributed by atoms with Crippen LogP contribution in [0.5, 0.6) is 0 Å². The van der Waals surface area contributed by atoms with Crippen molar-refractivity contribution in [1.29, 1.82) is 0 Å². The SMILES string of the molecule is CCCCNC(=O)Cn1c(C)ccc(C(N)=S)c1=O. The maximum Gasteiger partial charge on any atom is 0.261 e. The number of nitrogens with zero attached hydrogens (tertiary/aromatic N) is 1. The van der Waals surface area contributed by atoms with E-state index in [0.29, 0.717) is 12.2 Å². The van der Waals surface area contributed by atoms with Crippen LogP contribution in [-0.2, 0) is 11.3 Å². The van der Waals surface area contributed by atoms with Crippen LogP contribution in [0.4, 0.5) is 0 Å². The number of rotatable bonds is 6. The van der Waals surface area contributed by atoms with Gasteiger partial charge in [-0.2, -0.15) is 0 Å². The standard InChI is InChI=1S/C13H19N3O2S/c1-3-4-7-15-11(17)8-16-9(2)5-6-10(12(14)19)13(16)18/h5-6H,3-4,7-8H2,1-2H3,(H2,14,19)(H,15,17). The van der Waals surface area contributed by atoms with Gasteiger partial charge in [0.05, 0.1) is 5.56 Å². The number of nitrogens with two attached hydrogens (primary N) is 1. The van der Waals surface area contributed by atoms with Gasteiger partial charge in [0.1, 0.15) is 11.5 Å². The highest BCUT2D eigenvalue weighted by Gasteiger charge is 2.11. The molecule has 5 nitrogen and oxygen atoms in total. The second-order valence-corrected chi connectivity index (χ2v) is 4.79. The normalized spacial score (nSPS) is 10.2. The molecule has 0 aliphatic rings. The van der Waals surface area contributed by atoms with Gasteiger partial charge in [0.2, 0.25) is 5.91 Å². The van der Waals surface area contributed by atoms with Crippen LogP contribution in [0, 0.1) is 6.92 Å². The summed E-state index contributed by atoms with van der Waals surface area (Å²) in [5, 5.41) is 2.77. The Bertz CT molecular complexity index is 537. The lowest BCUT2D eigenvalue weighted by molar-refractivity contribution is -0.121. The number of carbonyl (C=O) groups excluding carboxylic acids is 1. The molecule has 1 amide bonds. The third-order valence-corrected chi connectivity index (χ3v) is 3.03. The zero-order valence-corrected chi connectivity index (χ0v) is 12.0. The molecule has 0 aromatic carbocycles. The number of thiocarbonyl (C=S) groups is 1. The largest absolute Gasteiger partial charge is 0.389 e. The zero-order valence-electron chi connectivity index (χ0n) is 11.2. The van der Waals surface area contributed by atoms with Crippen LogP contribution in [0.1, 0.15) is 31.0 Å². The number of nitrogens with one attached hydrogen (secondary N) is 1. The second kappa shape index (κ2) is 7.04. The van der Waals surface area contributed by atoms with Gasteiger partial charge in [-0.3, -0.25) is 9.59 Å². The minimum absolute atomic E-state index is 0.00909. The van der Waals surface area contributed by atoms with Gasteiger partial charge < -0.3 is 15.6 Å². The minimum Gasteiger partial charge on any atom is -0.389 e. The third-order valence-electron chi connectivity index (χ3n) is 2.81. The van der Waals surface area contributed by atoms with Crippen LogP contribution in [-0.4, -0.2) is 22.0 Å². The van der Waals surface area contributed by atoms with Crippen molar-refractivity contribution in [2.75, 3.05) is 6.54 Å². The van der Waals surface area contributed by atoms with Crippen molar-refractivity contribution >= 4 is 23.1 Å². The molecule has 0 fully saturated rings. The molecular weight excluding hydrogens is 262 g/mol. The van der Waals surface area contributed by atoms with E-state index in [0.717, 1.165) is 12.8 Å². The average molecular weight is 281 g/mol. The highest BCUT2D eigenvalue weighted by molar-refractivity contribution is 7.80. The van der Waals surface area contributed by atoms with Crippen LogP contribution in [0.3, 0.4) is 0 Å². The average Bonchev–Trinajstić information content (AvgIpc) is 2.34. The Hall–Kier alpha value is -1.69. The summed E-state index contributed by atoms with van der Waals surface area (Å²) < 4.78 is 1.38. The molecule has 0 saturated carbocycles. The van der Waals surface area contributed by atoms with Crippen LogP contribution >= 0.6 is 12.2 Å². The van der Waals surface area contributed by atoms with Crippen molar-refractivity contribution in [1.82, 2.24) is 9.88 Å². The molecule has 0 bridgehead atoms. The molecule has 1 aromatic heterocycles. The molecule has 1 aromatic rings. The molecule has 1 heterocycles. The molecule has 0 aliphatic carbocycles.